The first-order valence-electron chi connectivity index (χ1n) is 5.64. The van der Waals surface area contributed by atoms with Gasteiger partial charge in [0.05, 0.1) is 0 Å². The lowest BCUT2D eigenvalue weighted by Crippen LogP contribution is -1.81. The SMILES string of the molecule is Cc1nnc(-c2ccc(-c3ccncc3)cc2)o1. The highest BCUT2D eigenvalue weighted by Gasteiger charge is 2.05. The molecule has 0 N–H and O–H groups in total. The number of hydrogen-bond donors (Lipinski definition) is 0. The molecule has 4 heteroatoms. The van der Waals surface area contributed by atoms with E-state index in [2.05, 4.69) is 15.2 Å². The summed E-state index contributed by atoms with van der Waals surface area (Å²) in [7, 11) is 0. The topological polar surface area (TPSA) is 51.8 Å². The normalized spacial score (nSPS) is 10.5. The largest absolute Gasteiger partial charge is 0.421 e. The van der Waals surface area contributed by atoms with Crippen LogP contribution >= 0.6 is 0 Å². The van der Waals surface area contributed by atoms with Crippen molar-refractivity contribution in [3.8, 4) is 22.6 Å². The molecule has 0 unspecified atom stereocenters. The van der Waals surface area contributed by atoms with E-state index in [-0.39, 0.29) is 0 Å². The van der Waals surface area contributed by atoms with Gasteiger partial charge in [-0.1, -0.05) is 12.1 Å². The van der Waals surface area contributed by atoms with Gasteiger partial charge in [0.25, 0.3) is 0 Å². The third kappa shape index (κ3) is 2.00. The van der Waals surface area contributed by atoms with Gasteiger partial charge < -0.3 is 4.42 Å². The van der Waals surface area contributed by atoms with Crippen molar-refractivity contribution in [1.82, 2.24) is 15.2 Å². The summed E-state index contributed by atoms with van der Waals surface area (Å²) in [4.78, 5) is 4.01. The summed E-state index contributed by atoms with van der Waals surface area (Å²) in [6, 6.07) is 12.0. The van der Waals surface area contributed by atoms with Crippen LogP contribution < -0.4 is 0 Å². The number of benzene rings is 1. The smallest absolute Gasteiger partial charge is 0.247 e. The second-order valence-corrected chi connectivity index (χ2v) is 3.94. The third-order valence-corrected chi connectivity index (χ3v) is 2.67. The Morgan fingerprint density at radius 1 is 0.778 bits per heavy atom. The lowest BCUT2D eigenvalue weighted by Gasteiger charge is -2.01. The maximum Gasteiger partial charge on any atom is 0.247 e. The third-order valence-electron chi connectivity index (χ3n) is 2.67. The average molecular weight is 237 g/mol. The molecule has 88 valence electrons. The first-order chi connectivity index (χ1) is 8.83. The minimum atomic E-state index is 0.550. The van der Waals surface area contributed by atoms with E-state index in [4.69, 9.17) is 4.42 Å². The molecule has 0 amide bonds. The van der Waals surface area contributed by atoms with Gasteiger partial charge in [-0.25, -0.2) is 0 Å². The molecule has 3 rings (SSSR count). The number of hydrogen-bond acceptors (Lipinski definition) is 4. The summed E-state index contributed by atoms with van der Waals surface area (Å²) in [5, 5.41) is 7.81. The van der Waals surface area contributed by atoms with E-state index >= 15 is 0 Å². The van der Waals surface area contributed by atoms with Crippen LogP contribution in [0.25, 0.3) is 22.6 Å². The Hall–Kier alpha value is -2.49. The van der Waals surface area contributed by atoms with E-state index in [1.54, 1.807) is 19.3 Å². The minimum absolute atomic E-state index is 0.550. The van der Waals surface area contributed by atoms with E-state index in [1.165, 1.54) is 0 Å². The van der Waals surface area contributed by atoms with Crippen molar-refractivity contribution in [1.29, 1.82) is 0 Å². The first kappa shape index (κ1) is 10.7. The summed E-state index contributed by atoms with van der Waals surface area (Å²) < 4.78 is 5.38. The van der Waals surface area contributed by atoms with Gasteiger partial charge in [0.15, 0.2) is 0 Å². The van der Waals surface area contributed by atoms with E-state index in [0.29, 0.717) is 11.8 Å². The zero-order chi connectivity index (χ0) is 12.4. The van der Waals surface area contributed by atoms with Gasteiger partial charge in [-0.3, -0.25) is 4.98 Å². The lowest BCUT2D eigenvalue weighted by molar-refractivity contribution is 0.533. The molecule has 2 aromatic heterocycles. The monoisotopic (exact) mass is 237 g/mol. The Bertz CT molecular complexity index is 644. The Labute approximate surface area is 104 Å². The molecule has 0 fully saturated rings. The van der Waals surface area contributed by atoms with E-state index in [0.717, 1.165) is 16.7 Å². The van der Waals surface area contributed by atoms with Gasteiger partial charge >= 0.3 is 0 Å². The molecule has 0 saturated carbocycles. The molecule has 0 aliphatic rings. The van der Waals surface area contributed by atoms with Gasteiger partial charge in [-0.15, -0.1) is 10.2 Å². The van der Waals surface area contributed by atoms with Crippen LogP contribution in [0.3, 0.4) is 0 Å². The van der Waals surface area contributed by atoms with Crippen molar-refractivity contribution in [3.05, 3.63) is 54.7 Å². The Morgan fingerprint density at radius 2 is 1.39 bits per heavy atom. The molecule has 0 spiro atoms. The highest BCUT2D eigenvalue weighted by Crippen LogP contribution is 2.23. The van der Waals surface area contributed by atoms with Crippen LogP contribution in [0.4, 0.5) is 0 Å². The molecule has 1 aromatic carbocycles. The quantitative estimate of drug-likeness (QED) is 0.687. The summed E-state index contributed by atoms with van der Waals surface area (Å²) in [6.07, 6.45) is 3.56. The molecule has 0 bridgehead atoms. The summed E-state index contributed by atoms with van der Waals surface area (Å²) in [5.41, 5.74) is 3.20. The van der Waals surface area contributed by atoms with Crippen molar-refractivity contribution in [3.63, 3.8) is 0 Å². The predicted molar refractivity (Wildman–Crippen MR) is 67.7 cm³/mol. The fraction of sp³-hybridized carbons (Fsp3) is 0.0714. The van der Waals surface area contributed by atoms with Crippen LogP contribution in [0, 0.1) is 6.92 Å². The number of aryl methyl sites for hydroxylation is 1. The van der Waals surface area contributed by atoms with Crippen molar-refractivity contribution < 1.29 is 4.42 Å². The molecule has 18 heavy (non-hydrogen) atoms. The standard InChI is InChI=1S/C14H11N3O/c1-10-16-17-14(18-10)13-4-2-11(3-5-13)12-6-8-15-9-7-12/h2-9H,1H3. The maximum absolute atomic E-state index is 5.38. The minimum Gasteiger partial charge on any atom is -0.421 e. The molecule has 0 atom stereocenters. The van der Waals surface area contributed by atoms with Crippen LogP contribution in [0.2, 0.25) is 0 Å². The summed E-state index contributed by atoms with van der Waals surface area (Å²) >= 11 is 0. The first-order valence-corrected chi connectivity index (χ1v) is 5.64. The van der Waals surface area contributed by atoms with E-state index in [1.807, 2.05) is 36.4 Å². The molecule has 0 aliphatic carbocycles. The van der Waals surface area contributed by atoms with E-state index in [9.17, 15) is 0 Å². The van der Waals surface area contributed by atoms with Gasteiger partial charge in [-0.2, -0.15) is 0 Å². The summed E-state index contributed by atoms with van der Waals surface area (Å²) in [5.74, 6) is 1.12. The van der Waals surface area contributed by atoms with Crippen molar-refractivity contribution in [2.45, 2.75) is 6.92 Å². The maximum atomic E-state index is 5.38. The van der Waals surface area contributed by atoms with Crippen LogP contribution in [0.1, 0.15) is 5.89 Å². The molecule has 0 radical (unpaired) electrons. The molecule has 3 aromatic rings. The van der Waals surface area contributed by atoms with Crippen molar-refractivity contribution in [2.24, 2.45) is 0 Å². The van der Waals surface area contributed by atoms with Crippen LogP contribution in [0.15, 0.2) is 53.2 Å². The van der Waals surface area contributed by atoms with Crippen molar-refractivity contribution in [2.75, 3.05) is 0 Å². The molecule has 0 aliphatic heterocycles. The fourth-order valence-corrected chi connectivity index (χ4v) is 1.76. The number of nitrogens with zero attached hydrogens (tertiary/aromatic N) is 3. The molecular formula is C14H11N3O. The highest BCUT2D eigenvalue weighted by molar-refractivity contribution is 5.66. The highest BCUT2D eigenvalue weighted by atomic mass is 16.4. The zero-order valence-corrected chi connectivity index (χ0v) is 9.87. The van der Waals surface area contributed by atoms with Gasteiger partial charge in [0, 0.05) is 24.9 Å². The van der Waals surface area contributed by atoms with Crippen molar-refractivity contribution >= 4 is 0 Å². The molecule has 4 nitrogen and oxygen atoms in total. The van der Waals surface area contributed by atoms with Crippen LogP contribution in [-0.4, -0.2) is 15.2 Å². The van der Waals surface area contributed by atoms with Gasteiger partial charge in [0.1, 0.15) is 0 Å². The predicted octanol–water partition coefficient (Wildman–Crippen LogP) is 3.11. The Kier molecular flexibility index (Phi) is 2.61. The second-order valence-electron chi connectivity index (χ2n) is 3.94. The number of pyridine rings is 1. The number of aromatic nitrogens is 3. The number of rotatable bonds is 2. The van der Waals surface area contributed by atoms with Gasteiger partial charge in [-0.05, 0) is 35.4 Å². The summed E-state index contributed by atoms with van der Waals surface area (Å²) in [6.45, 7) is 1.78. The zero-order valence-electron chi connectivity index (χ0n) is 9.87. The lowest BCUT2D eigenvalue weighted by atomic mass is 10.1. The Morgan fingerprint density at radius 3 is 2.00 bits per heavy atom. The molecular weight excluding hydrogens is 226 g/mol. The average Bonchev–Trinajstić information content (AvgIpc) is 2.87. The van der Waals surface area contributed by atoms with E-state index < -0.39 is 0 Å². The molecule has 0 saturated heterocycles. The van der Waals surface area contributed by atoms with Gasteiger partial charge in [0.2, 0.25) is 11.8 Å². The van der Waals surface area contributed by atoms with Crippen LogP contribution in [-0.2, 0) is 0 Å². The second kappa shape index (κ2) is 4.41. The fourth-order valence-electron chi connectivity index (χ4n) is 1.76. The Balaban J connectivity index is 1.94. The van der Waals surface area contributed by atoms with Crippen LogP contribution in [0.5, 0.6) is 0 Å². The molecule has 2 heterocycles.